The van der Waals surface area contributed by atoms with Crippen molar-refractivity contribution in [3.05, 3.63) is 71.3 Å². The summed E-state index contributed by atoms with van der Waals surface area (Å²) in [6.45, 7) is 5.34. The molecule has 0 unspecified atom stereocenters. The second kappa shape index (κ2) is 8.31. The van der Waals surface area contributed by atoms with Crippen LogP contribution >= 0.6 is 12.4 Å². The van der Waals surface area contributed by atoms with Gasteiger partial charge in [0.2, 0.25) is 0 Å². The molecule has 1 fully saturated rings. The summed E-state index contributed by atoms with van der Waals surface area (Å²) in [6.07, 6.45) is -0.533. The van der Waals surface area contributed by atoms with Crippen LogP contribution in [0.1, 0.15) is 21.5 Å². The summed E-state index contributed by atoms with van der Waals surface area (Å²) in [6, 6.07) is 18.4. The Bertz CT molecular complexity index is 998. The lowest BCUT2D eigenvalue weighted by molar-refractivity contribution is 0.0889. The maximum Gasteiger partial charge on any atom is 0.251 e. The monoisotopic (exact) mass is 396 g/mol. The number of halogens is 1. The van der Waals surface area contributed by atoms with E-state index in [0.717, 1.165) is 10.8 Å². The van der Waals surface area contributed by atoms with Crippen LogP contribution in [0.15, 0.2) is 54.6 Å². The Balaban J connectivity index is 0.00000225. The third kappa shape index (κ3) is 4.20. The number of fused-ring (bicyclic) bond motifs is 1. The number of rotatable bonds is 3. The molecule has 0 spiro atoms. The van der Waals surface area contributed by atoms with Gasteiger partial charge in [-0.25, -0.2) is 0 Å². The van der Waals surface area contributed by atoms with Crippen LogP contribution < -0.4 is 10.6 Å². The van der Waals surface area contributed by atoms with Gasteiger partial charge in [-0.15, -0.1) is 12.4 Å². The van der Waals surface area contributed by atoms with Gasteiger partial charge in [0, 0.05) is 18.7 Å². The van der Waals surface area contributed by atoms with Crippen molar-refractivity contribution in [2.24, 2.45) is 0 Å². The van der Waals surface area contributed by atoms with E-state index in [0.29, 0.717) is 18.7 Å². The molecule has 1 heterocycles. The fourth-order valence-corrected chi connectivity index (χ4v) is 3.77. The summed E-state index contributed by atoms with van der Waals surface area (Å²) in [4.78, 5) is 12.5. The predicted octanol–water partition coefficient (Wildman–Crippen LogP) is 3.61. The molecule has 28 heavy (non-hydrogen) atoms. The van der Waals surface area contributed by atoms with Gasteiger partial charge in [-0.2, -0.15) is 0 Å². The Labute approximate surface area is 171 Å². The fourth-order valence-electron chi connectivity index (χ4n) is 3.77. The van der Waals surface area contributed by atoms with Crippen LogP contribution in [0.4, 0.5) is 0 Å². The first-order valence-electron chi connectivity index (χ1n) is 9.32. The van der Waals surface area contributed by atoms with Crippen molar-refractivity contribution in [2.45, 2.75) is 26.0 Å². The standard InChI is InChI=1S/C23H24N2O2.ClH/c1-14-7-15(2)9-20(8-14)18-4-3-17-11-19(6-5-16(17)10-18)23(27)25-21-12-24-13-22(21)26;/h3-11,21-22,24,26H,12-13H2,1-2H3,(H,25,27);1H/t21-,22+;/m0./s1. The van der Waals surface area contributed by atoms with Crippen LogP contribution in [0, 0.1) is 13.8 Å². The second-order valence-corrected chi connectivity index (χ2v) is 7.46. The molecule has 0 aromatic heterocycles. The van der Waals surface area contributed by atoms with Crippen LogP contribution in [0.5, 0.6) is 0 Å². The first kappa shape index (κ1) is 20.3. The molecule has 4 rings (SSSR count). The number of carbonyl (C=O) groups is 1. The molecule has 0 saturated carbocycles. The normalized spacial score (nSPS) is 18.7. The first-order chi connectivity index (χ1) is 13.0. The number of amides is 1. The van der Waals surface area contributed by atoms with Gasteiger partial charge >= 0.3 is 0 Å². The van der Waals surface area contributed by atoms with Crippen molar-refractivity contribution in [3.63, 3.8) is 0 Å². The van der Waals surface area contributed by atoms with E-state index in [1.54, 1.807) is 0 Å². The highest BCUT2D eigenvalue weighted by atomic mass is 35.5. The Kier molecular flexibility index (Phi) is 6.04. The highest BCUT2D eigenvalue weighted by molar-refractivity contribution is 5.99. The zero-order chi connectivity index (χ0) is 19.0. The van der Waals surface area contributed by atoms with E-state index >= 15 is 0 Å². The maximum atomic E-state index is 12.5. The average Bonchev–Trinajstić information content (AvgIpc) is 3.04. The minimum Gasteiger partial charge on any atom is -0.390 e. The summed E-state index contributed by atoms with van der Waals surface area (Å²) in [5, 5.41) is 18.0. The van der Waals surface area contributed by atoms with Gasteiger partial charge in [0.05, 0.1) is 12.1 Å². The average molecular weight is 397 g/mol. The lowest BCUT2D eigenvalue weighted by Crippen LogP contribution is -2.42. The number of β-amino-alcohol motifs (C(OH)–C–C–N with tert-alkyl or cyclic N) is 1. The Morgan fingerprint density at radius 2 is 1.61 bits per heavy atom. The number of hydrogen-bond acceptors (Lipinski definition) is 3. The third-order valence-corrected chi connectivity index (χ3v) is 5.16. The quantitative estimate of drug-likeness (QED) is 0.633. The van der Waals surface area contributed by atoms with Crippen LogP contribution in [0.25, 0.3) is 21.9 Å². The lowest BCUT2D eigenvalue weighted by atomic mass is 9.97. The molecule has 0 aliphatic carbocycles. The minimum absolute atomic E-state index is 0. The van der Waals surface area contributed by atoms with Crippen LogP contribution in [-0.4, -0.2) is 36.2 Å². The topological polar surface area (TPSA) is 61.4 Å². The van der Waals surface area contributed by atoms with Crippen molar-refractivity contribution in [1.82, 2.24) is 10.6 Å². The van der Waals surface area contributed by atoms with Crippen molar-refractivity contribution in [3.8, 4) is 11.1 Å². The van der Waals surface area contributed by atoms with Crippen molar-refractivity contribution in [2.75, 3.05) is 13.1 Å². The van der Waals surface area contributed by atoms with Gasteiger partial charge in [-0.1, -0.05) is 47.5 Å². The number of carbonyl (C=O) groups excluding carboxylic acids is 1. The maximum absolute atomic E-state index is 12.5. The molecule has 2 atom stereocenters. The van der Waals surface area contributed by atoms with Gasteiger partial charge in [-0.3, -0.25) is 4.79 Å². The molecule has 0 bridgehead atoms. The molecule has 1 aliphatic rings. The molecule has 5 heteroatoms. The van der Waals surface area contributed by atoms with Crippen LogP contribution in [-0.2, 0) is 0 Å². The van der Waals surface area contributed by atoms with Gasteiger partial charge in [0.15, 0.2) is 0 Å². The van der Waals surface area contributed by atoms with Gasteiger partial charge in [-0.05, 0) is 53.9 Å². The number of aryl methyl sites for hydroxylation is 2. The second-order valence-electron chi connectivity index (χ2n) is 7.46. The van der Waals surface area contributed by atoms with Crippen LogP contribution in [0.3, 0.4) is 0 Å². The van der Waals surface area contributed by atoms with E-state index in [9.17, 15) is 9.90 Å². The molecular weight excluding hydrogens is 372 g/mol. The van der Waals surface area contributed by atoms with E-state index in [4.69, 9.17) is 0 Å². The molecule has 3 N–H and O–H groups in total. The van der Waals surface area contributed by atoms with E-state index in [2.05, 4.69) is 60.9 Å². The SMILES string of the molecule is Cc1cc(C)cc(-c2ccc3cc(C(=O)N[C@H]4CNC[C@H]4O)ccc3c2)c1.Cl. The Morgan fingerprint density at radius 1 is 0.929 bits per heavy atom. The van der Waals surface area contributed by atoms with Gasteiger partial charge in [0.1, 0.15) is 0 Å². The lowest BCUT2D eigenvalue weighted by Gasteiger charge is -2.15. The highest BCUT2D eigenvalue weighted by Crippen LogP contribution is 2.27. The molecule has 146 valence electrons. The Hall–Kier alpha value is -2.40. The first-order valence-corrected chi connectivity index (χ1v) is 9.32. The van der Waals surface area contributed by atoms with Crippen LogP contribution in [0.2, 0.25) is 0 Å². The number of benzene rings is 3. The molecular formula is C23H25ClN2O2. The molecule has 1 aliphatic heterocycles. The van der Waals surface area contributed by atoms with E-state index in [1.807, 2.05) is 18.2 Å². The zero-order valence-electron chi connectivity index (χ0n) is 16.0. The smallest absolute Gasteiger partial charge is 0.251 e. The molecule has 1 amide bonds. The Morgan fingerprint density at radius 3 is 2.29 bits per heavy atom. The number of aliphatic hydroxyl groups is 1. The molecule has 4 nitrogen and oxygen atoms in total. The number of nitrogens with one attached hydrogen (secondary N) is 2. The van der Waals surface area contributed by atoms with E-state index in [1.165, 1.54) is 22.3 Å². The fraction of sp³-hybridized carbons (Fsp3) is 0.261. The summed E-state index contributed by atoms with van der Waals surface area (Å²) in [5.74, 6) is -0.150. The summed E-state index contributed by atoms with van der Waals surface area (Å²) in [7, 11) is 0. The largest absolute Gasteiger partial charge is 0.390 e. The van der Waals surface area contributed by atoms with E-state index in [-0.39, 0.29) is 24.4 Å². The molecule has 3 aromatic rings. The predicted molar refractivity (Wildman–Crippen MR) is 116 cm³/mol. The summed E-state index contributed by atoms with van der Waals surface area (Å²) >= 11 is 0. The third-order valence-electron chi connectivity index (χ3n) is 5.16. The highest BCUT2D eigenvalue weighted by Gasteiger charge is 2.26. The molecule has 0 radical (unpaired) electrons. The number of hydrogen-bond donors (Lipinski definition) is 3. The van der Waals surface area contributed by atoms with Crippen molar-refractivity contribution in [1.29, 1.82) is 0 Å². The van der Waals surface area contributed by atoms with E-state index < -0.39 is 6.10 Å². The molecule has 1 saturated heterocycles. The van der Waals surface area contributed by atoms with Gasteiger partial charge < -0.3 is 15.7 Å². The van der Waals surface area contributed by atoms with Crippen molar-refractivity contribution < 1.29 is 9.90 Å². The van der Waals surface area contributed by atoms with Crippen molar-refractivity contribution >= 4 is 29.1 Å². The van der Waals surface area contributed by atoms with Gasteiger partial charge in [0.25, 0.3) is 5.91 Å². The molecule has 3 aromatic carbocycles. The number of aliphatic hydroxyl groups excluding tert-OH is 1. The summed E-state index contributed by atoms with van der Waals surface area (Å²) in [5.41, 5.74) is 5.49. The summed E-state index contributed by atoms with van der Waals surface area (Å²) < 4.78 is 0. The minimum atomic E-state index is -0.533. The zero-order valence-corrected chi connectivity index (χ0v) is 16.8.